The molecule has 0 bridgehead atoms. The van der Waals surface area contributed by atoms with Crippen LogP contribution in [-0.4, -0.2) is 81.8 Å². The van der Waals surface area contributed by atoms with Crippen LogP contribution in [0.4, 0.5) is 0 Å². The largest absolute Gasteiger partial charge is 0.508 e. The minimum Gasteiger partial charge on any atom is -0.508 e. The lowest BCUT2D eigenvalue weighted by Crippen LogP contribution is -2.58. The number of hydrogen-bond donors (Lipinski definition) is 7. The third kappa shape index (κ3) is 10.1. The van der Waals surface area contributed by atoms with Gasteiger partial charge in [0.15, 0.2) is 0 Å². The Morgan fingerprint density at radius 3 is 2.03 bits per heavy atom. The van der Waals surface area contributed by atoms with Gasteiger partial charge in [0.05, 0.1) is 12.6 Å². The van der Waals surface area contributed by atoms with Crippen molar-refractivity contribution in [3.8, 4) is 5.75 Å². The van der Waals surface area contributed by atoms with Gasteiger partial charge in [-0.25, -0.2) is 4.79 Å². The molecule has 1 aromatic carbocycles. The minimum absolute atomic E-state index is 0.0279. The Labute approximate surface area is 209 Å². The maximum absolute atomic E-state index is 12.9. The lowest BCUT2D eigenvalue weighted by atomic mass is 9.99. The summed E-state index contributed by atoms with van der Waals surface area (Å²) in [5.74, 6) is -2.98. The average Bonchev–Trinajstić information content (AvgIpc) is 2.84. The Bertz CT molecular complexity index is 853. The van der Waals surface area contributed by atoms with Crippen LogP contribution in [0.3, 0.4) is 0 Å². The summed E-state index contributed by atoms with van der Waals surface area (Å²) in [4.78, 5) is 49.7. The van der Waals surface area contributed by atoms with Gasteiger partial charge in [0, 0.05) is 6.42 Å². The van der Waals surface area contributed by atoms with E-state index in [9.17, 15) is 34.5 Å². The second-order valence-corrected chi connectivity index (χ2v) is 9.25. The Morgan fingerprint density at radius 1 is 0.971 bits per heavy atom. The van der Waals surface area contributed by atoms with E-state index in [1.54, 1.807) is 19.1 Å². The van der Waals surface area contributed by atoms with E-state index in [4.69, 9.17) is 5.73 Å². The van der Waals surface area contributed by atoms with Crippen molar-refractivity contribution in [2.24, 2.45) is 11.7 Å². The number of amides is 3. The molecule has 0 saturated heterocycles. The van der Waals surface area contributed by atoms with E-state index >= 15 is 0 Å². The van der Waals surface area contributed by atoms with Gasteiger partial charge in [0.2, 0.25) is 17.7 Å². The van der Waals surface area contributed by atoms with E-state index in [0.717, 1.165) is 0 Å². The molecule has 0 aliphatic heterocycles. The first kappa shape index (κ1) is 30.2. The molecular weight excluding hydrogens is 476 g/mol. The first-order valence-electron chi connectivity index (χ1n) is 11.3. The number of nitrogens with two attached hydrogens (primary N) is 1. The van der Waals surface area contributed by atoms with E-state index in [1.165, 1.54) is 23.9 Å². The van der Waals surface area contributed by atoms with Gasteiger partial charge in [-0.15, -0.1) is 0 Å². The second-order valence-electron chi connectivity index (χ2n) is 8.27. The highest BCUT2D eigenvalue weighted by molar-refractivity contribution is 7.98. The minimum atomic E-state index is -1.32. The van der Waals surface area contributed by atoms with Crippen LogP contribution in [0.2, 0.25) is 0 Å². The van der Waals surface area contributed by atoms with E-state index in [2.05, 4.69) is 16.0 Å². The van der Waals surface area contributed by atoms with Crippen molar-refractivity contribution in [1.82, 2.24) is 16.0 Å². The number of phenolic OH excluding ortho intramolecular Hbond substituents is 1. The SMILES string of the molecule is CCC(C)C(N)C(=O)NC(CO)C(=O)NC(CCSC)C(=O)NC(Cc1ccc(O)cc1)C(=O)O. The van der Waals surface area contributed by atoms with Gasteiger partial charge in [-0.1, -0.05) is 32.4 Å². The quantitative estimate of drug-likeness (QED) is 0.164. The molecule has 0 aliphatic carbocycles. The molecule has 0 radical (unpaired) electrons. The molecule has 0 saturated carbocycles. The van der Waals surface area contributed by atoms with Crippen molar-refractivity contribution >= 4 is 35.5 Å². The normalized spacial score (nSPS) is 15.2. The van der Waals surface area contributed by atoms with Gasteiger partial charge in [0.1, 0.15) is 23.9 Å². The van der Waals surface area contributed by atoms with Gasteiger partial charge in [0.25, 0.3) is 0 Å². The van der Waals surface area contributed by atoms with Crippen LogP contribution in [0.1, 0.15) is 32.3 Å². The number of benzene rings is 1. The maximum atomic E-state index is 12.9. The topological polar surface area (TPSA) is 191 Å². The maximum Gasteiger partial charge on any atom is 0.326 e. The first-order chi connectivity index (χ1) is 16.5. The smallest absolute Gasteiger partial charge is 0.326 e. The number of carbonyl (C=O) groups excluding carboxylic acids is 3. The van der Waals surface area contributed by atoms with E-state index < -0.39 is 54.5 Å². The number of thioether (sulfide) groups is 1. The number of hydrogen-bond acceptors (Lipinski definition) is 8. The zero-order valence-electron chi connectivity index (χ0n) is 20.2. The van der Waals surface area contributed by atoms with Crippen molar-refractivity contribution in [1.29, 1.82) is 0 Å². The fraction of sp³-hybridized carbons (Fsp3) is 0.565. The highest BCUT2D eigenvalue weighted by Crippen LogP contribution is 2.12. The fourth-order valence-electron chi connectivity index (χ4n) is 3.09. The molecule has 3 amide bonds. The Balaban J connectivity index is 2.90. The van der Waals surface area contributed by atoms with Crippen LogP contribution in [-0.2, 0) is 25.6 Å². The van der Waals surface area contributed by atoms with E-state index in [-0.39, 0.29) is 24.5 Å². The number of phenols is 1. The highest BCUT2D eigenvalue weighted by Gasteiger charge is 2.30. The average molecular weight is 513 g/mol. The molecule has 0 aliphatic rings. The number of nitrogens with one attached hydrogen (secondary N) is 3. The second kappa shape index (κ2) is 15.2. The first-order valence-corrected chi connectivity index (χ1v) is 12.7. The molecular formula is C23H36N4O7S. The predicted molar refractivity (Wildman–Crippen MR) is 133 cm³/mol. The summed E-state index contributed by atoms with van der Waals surface area (Å²) in [5.41, 5.74) is 6.47. The number of carboxylic acids is 1. The molecule has 0 fully saturated rings. The molecule has 196 valence electrons. The summed E-state index contributed by atoms with van der Waals surface area (Å²) in [6.07, 6.45) is 2.63. The van der Waals surface area contributed by atoms with Gasteiger partial charge >= 0.3 is 5.97 Å². The predicted octanol–water partition coefficient (Wildman–Crippen LogP) is -0.407. The highest BCUT2D eigenvalue weighted by atomic mass is 32.2. The Morgan fingerprint density at radius 2 is 1.51 bits per heavy atom. The van der Waals surface area contributed by atoms with Crippen LogP contribution < -0.4 is 21.7 Å². The van der Waals surface area contributed by atoms with Crippen molar-refractivity contribution in [2.45, 2.75) is 57.3 Å². The van der Waals surface area contributed by atoms with Gasteiger partial charge in [-0.2, -0.15) is 11.8 Å². The molecule has 8 N–H and O–H groups in total. The molecule has 5 unspecified atom stereocenters. The molecule has 0 aromatic heterocycles. The molecule has 11 nitrogen and oxygen atoms in total. The van der Waals surface area contributed by atoms with Crippen LogP contribution in [0.15, 0.2) is 24.3 Å². The molecule has 1 rings (SSSR count). The molecule has 1 aromatic rings. The molecule has 35 heavy (non-hydrogen) atoms. The van der Waals surface area contributed by atoms with Crippen LogP contribution in [0.5, 0.6) is 5.75 Å². The Hall–Kier alpha value is -2.83. The summed E-state index contributed by atoms with van der Waals surface area (Å²) in [5, 5.41) is 35.9. The lowest BCUT2D eigenvalue weighted by molar-refractivity contribution is -0.142. The number of rotatable bonds is 15. The number of carboxylic acid groups (broad SMARTS) is 1. The fourth-order valence-corrected chi connectivity index (χ4v) is 3.56. The molecule has 12 heteroatoms. The zero-order valence-corrected chi connectivity index (χ0v) is 21.0. The number of aliphatic hydroxyl groups is 1. The monoisotopic (exact) mass is 512 g/mol. The summed E-state index contributed by atoms with van der Waals surface area (Å²) < 4.78 is 0. The number of aliphatic hydroxyl groups excluding tert-OH is 1. The zero-order chi connectivity index (χ0) is 26.5. The van der Waals surface area contributed by atoms with Gasteiger partial charge in [-0.3, -0.25) is 14.4 Å². The number of carbonyl (C=O) groups is 4. The number of aromatic hydroxyl groups is 1. The molecule has 5 atom stereocenters. The van der Waals surface area contributed by atoms with Crippen molar-refractivity contribution in [3.05, 3.63) is 29.8 Å². The molecule has 0 spiro atoms. The summed E-state index contributed by atoms with van der Waals surface area (Å²) in [6, 6.07) is 1.35. The molecule has 0 heterocycles. The van der Waals surface area contributed by atoms with Gasteiger partial charge in [-0.05, 0) is 42.0 Å². The van der Waals surface area contributed by atoms with E-state index in [0.29, 0.717) is 17.7 Å². The number of aliphatic carboxylic acids is 1. The van der Waals surface area contributed by atoms with Crippen LogP contribution >= 0.6 is 11.8 Å². The van der Waals surface area contributed by atoms with Crippen molar-refractivity contribution in [2.75, 3.05) is 18.6 Å². The summed E-state index contributed by atoms with van der Waals surface area (Å²) >= 11 is 1.43. The lowest BCUT2D eigenvalue weighted by Gasteiger charge is -2.25. The van der Waals surface area contributed by atoms with Crippen LogP contribution in [0.25, 0.3) is 0 Å². The Kier molecular flexibility index (Phi) is 13.1. The standard InChI is InChI=1S/C23H36N4O7S/c1-4-13(2)19(24)22(32)27-18(12-28)21(31)25-16(9-10-35-3)20(30)26-17(23(33)34)11-14-5-7-15(29)8-6-14/h5-8,13,16-19,28-29H,4,9-12,24H2,1-3H3,(H,25,31)(H,26,30)(H,27,32)(H,33,34). The summed E-state index contributed by atoms with van der Waals surface area (Å²) in [7, 11) is 0. The van der Waals surface area contributed by atoms with Crippen LogP contribution in [0, 0.1) is 5.92 Å². The van der Waals surface area contributed by atoms with Gasteiger partial charge < -0.3 is 37.0 Å². The summed E-state index contributed by atoms with van der Waals surface area (Å²) in [6.45, 7) is 2.95. The third-order valence-electron chi connectivity index (χ3n) is 5.61. The van der Waals surface area contributed by atoms with Crippen molar-refractivity contribution in [3.63, 3.8) is 0 Å². The third-order valence-corrected chi connectivity index (χ3v) is 6.25. The van der Waals surface area contributed by atoms with Crippen molar-refractivity contribution < 1.29 is 34.5 Å². The van der Waals surface area contributed by atoms with E-state index in [1.807, 2.05) is 13.2 Å².